The molecular formula is C12H18N4S. The van der Waals surface area contributed by atoms with Crippen molar-refractivity contribution in [2.24, 2.45) is 0 Å². The molecule has 0 aromatic carbocycles. The molecule has 17 heavy (non-hydrogen) atoms. The molecule has 4 nitrogen and oxygen atoms in total. The Balaban J connectivity index is 1.77. The van der Waals surface area contributed by atoms with Crippen LogP contribution in [0.15, 0.2) is 23.8 Å². The number of hydrogen-bond donors (Lipinski definition) is 1. The molecule has 2 aromatic heterocycles. The van der Waals surface area contributed by atoms with Gasteiger partial charge in [-0.05, 0) is 19.4 Å². The first-order chi connectivity index (χ1) is 8.28. The predicted molar refractivity (Wildman–Crippen MR) is 70.0 cm³/mol. The molecule has 0 saturated carbocycles. The van der Waals surface area contributed by atoms with Gasteiger partial charge in [-0.1, -0.05) is 6.92 Å². The van der Waals surface area contributed by atoms with Crippen LogP contribution in [-0.4, -0.2) is 20.8 Å². The second kappa shape index (κ2) is 5.93. The molecule has 5 heteroatoms. The minimum Gasteiger partial charge on any atom is -0.307 e. The third kappa shape index (κ3) is 3.64. The zero-order chi connectivity index (χ0) is 12.1. The van der Waals surface area contributed by atoms with Crippen molar-refractivity contribution >= 4 is 11.3 Å². The fourth-order valence-corrected chi connectivity index (χ4v) is 2.37. The fourth-order valence-electron chi connectivity index (χ4n) is 1.62. The van der Waals surface area contributed by atoms with E-state index < -0.39 is 0 Å². The Hall–Kier alpha value is -1.20. The lowest BCUT2D eigenvalue weighted by molar-refractivity contribution is 0.449. The Kier molecular flexibility index (Phi) is 4.28. The minimum atomic E-state index is 0.390. The lowest BCUT2D eigenvalue weighted by Crippen LogP contribution is -2.30. The van der Waals surface area contributed by atoms with E-state index in [1.165, 1.54) is 5.01 Å². The zero-order valence-corrected chi connectivity index (χ0v) is 11.1. The standard InChI is InChI=1S/C12H18N4S/c1-3-12-15-11(9-17-12)7-13-10(2)8-16-6-4-5-14-16/h4-6,9-10,13H,3,7-8H2,1-2H3/t10-/m0/s1. The first-order valence-corrected chi connectivity index (χ1v) is 6.80. The molecule has 0 aliphatic heterocycles. The SMILES string of the molecule is CCc1nc(CN[C@@H](C)Cn2cccn2)cs1. The van der Waals surface area contributed by atoms with Crippen LogP contribution in [0.4, 0.5) is 0 Å². The lowest BCUT2D eigenvalue weighted by atomic mass is 10.3. The summed E-state index contributed by atoms with van der Waals surface area (Å²) in [5.41, 5.74) is 1.14. The van der Waals surface area contributed by atoms with Gasteiger partial charge in [0.05, 0.1) is 17.2 Å². The molecule has 0 spiro atoms. The predicted octanol–water partition coefficient (Wildman–Crippen LogP) is 2.08. The van der Waals surface area contributed by atoms with Crippen LogP contribution >= 0.6 is 11.3 Å². The van der Waals surface area contributed by atoms with Crippen LogP contribution in [0, 0.1) is 0 Å². The van der Waals surface area contributed by atoms with E-state index in [0.29, 0.717) is 6.04 Å². The van der Waals surface area contributed by atoms with Crippen molar-refractivity contribution in [1.82, 2.24) is 20.1 Å². The minimum absolute atomic E-state index is 0.390. The van der Waals surface area contributed by atoms with E-state index in [2.05, 4.69) is 34.6 Å². The van der Waals surface area contributed by atoms with Crippen molar-refractivity contribution in [3.63, 3.8) is 0 Å². The number of rotatable bonds is 6. The maximum atomic E-state index is 4.53. The van der Waals surface area contributed by atoms with E-state index in [0.717, 1.165) is 25.2 Å². The quantitative estimate of drug-likeness (QED) is 0.853. The number of thiazole rings is 1. The first-order valence-electron chi connectivity index (χ1n) is 5.92. The fraction of sp³-hybridized carbons (Fsp3) is 0.500. The van der Waals surface area contributed by atoms with Crippen molar-refractivity contribution in [2.75, 3.05) is 0 Å². The third-order valence-electron chi connectivity index (χ3n) is 2.55. The summed E-state index contributed by atoms with van der Waals surface area (Å²) in [6.07, 6.45) is 4.81. The smallest absolute Gasteiger partial charge is 0.0926 e. The Morgan fingerprint density at radius 2 is 2.41 bits per heavy atom. The number of hydrogen-bond acceptors (Lipinski definition) is 4. The molecular weight excluding hydrogens is 232 g/mol. The van der Waals surface area contributed by atoms with Crippen LogP contribution in [0.1, 0.15) is 24.5 Å². The Labute approximate surface area is 106 Å². The van der Waals surface area contributed by atoms with Crippen molar-refractivity contribution in [2.45, 2.75) is 39.4 Å². The van der Waals surface area contributed by atoms with Crippen LogP contribution < -0.4 is 5.32 Å². The van der Waals surface area contributed by atoms with Gasteiger partial charge in [-0.3, -0.25) is 4.68 Å². The summed E-state index contributed by atoms with van der Waals surface area (Å²) in [4.78, 5) is 4.53. The average molecular weight is 250 g/mol. The van der Waals surface area contributed by atoms with E-state index in [1.54, 1.807) is 17.5 Å². The van der Waals surface area contributed by atoms with E-state index in [1.807, 2.05) is 16.9 Å². The summed E-state index contributed by atoms with van der Waals surface area (Å²) >= 11 is 1.74. The molecule has 92 valence electrons. The van der Waals surface area contributed by atoms with Gasteiger partial charge in [0, 0.05) is 30.4 Å². The molecule has 0 fully saturated rings. The van der Waals surface area contributed by atoms with Crippen molar-refractivity contribution in [1.29, 1.82) is 0 Å². The summed E-state index contributed by atoms with van der Waals surface area (Å²) in [7, 11) is 0. The van der Waals surface area contributed by atoms with E-state index in [-0.39, 0.29) is 0 Å². The Morgan fingerprint density at radius 3 is 3.06 bits per heavy atom. The maximum absolute atomic E-state index is 4.53. The molecule has 2 heterocycles. The molecule has 2 aromatic rings. The summed E-state index contributed by atoms with van der Waals surface area (Å²) in [5.74, 6) is 0. The summed E-state index contributed by atoms with van der Waals surface area (Å²) in [6, 6.07) is 2.34. The molecule has 2 rings (SSSR count). The summed E-state index contributed by atoms with van der Waals surface area (Å²) in [5, 5.41) is 11.0. The van der Waals surface area contributed by atoms with Crippen LogP contribution in [0.5, 0.6) is 0 Å². The highest BCUT2D eigenvalue weighted by atomic mass is 32.1. The van der Waals surface area contributed by atoms with Gasteiger partial charge < -0.3 is 5.32 Å². The second-order valence-electron chi connectivity index (χ2n) is 4.10. The molecule has 0 bridgehead atoms. The molecule has 1 atom stereocenters. The number of nitrogens with one attached hydrogen (secondary N) is 1. The van der Waals surface area contributed by atoms with Crippen LogP contribution in [0.25, 0.3) is 0 Å². The van der Waals surface area contributed by atoms with Crippen molar-refractivity contribution in [3.05, 3.63) is 34.5 Å². The van der Waals surface area contributed by atoms with E-state index >= 15 is 0 Å². The van der Waals surface area contributed by atoms with Gasteiger partial charge in [-0.25, -0.2) is 4.98 Å². The Morgan fingerprint density at radius 1 is 1.53 bits per heavy atom. The highest BCUT2D eigenvalue weighted by molar-refractivity contribution is 7.09. The van der Waals surface area contributed by atoms with Gasteiger partial charge in [0.1, 0.15) is 0 Å². The van der Waals surface area contributed by atoms with Crippen molar-refractivity contribution < 1.29 is 0 Å². The second-order valence-corrected chi connectivity index (χ2v) is 5.04. The van der Waals surface area contributed by atoms with Gasteiger partial charge in [-0.15, -0.1) is 11.3 Å². The van der Waals surface area contributed by atoms with Gasteiger partial charge >= 0.3 is 0 Å². The van der Waals surface area contributed by atoms with Crippen LogP contribution in [-0.2, 0) is 19.5 Å². The monoisotopic (exact) mass is 250 g/mol. The van der Waals surface area contributed by atoms with Gasteiger partial charge in [0.2, 0.25) is 0 Å². The molecule has 1 N–H and O–H groups in total. The summed E-state index contributed by atoms with van der Waals surface area (Å²) in [6.45, 7) is 6.02. The average Bonchev–Trinajstić information content (AvgIpc) is 2.96. The largest absolute Gasteiger partial charge is 0.307 e. The van der Waals surface area contributed by atoms with Gasteiger partial charge in [0.15, 0.2) is 0 Å². The van der Waals surface area contributed by atoms with Gasteiger partial charge in [-0.2, -0.15) is 5.10 Å². The third-order valence-corrected chi connectivity index (χ3v) is 3.60. The lowest BCUT2D eigenvalue weighted by Gasteiger charge is -2.12. The molecule has 0 amide bonds. The molecule has 0 aliphatic carbocycles. The summed E-state index contributed by atoms with van der Waals surface area (Å²) < 4.78 is 1.94. The number of aryl methyl sites for hydroxylation is 1. The Bertz CT molecular complexity index is 435. The molecule has 0 aliphatic rings. The van der Waals surface area contributed by atoms with Crippen LogP contribution in [0.3, 0.4) is 0 Å². The molecule has 0 radical (unpaired) electrons. The number of aromatic nitrogens is 3. The van der Waals surface area contributed by atoms with E-state index in [4.69, 9.17) is 0 Å². The normalized spacial score (nSPS) is 12.8. The highest BCUT2D eigenvalue weighted by Gasteiger charge is 2.05. The highest BCUT2D eigenvalue weighted by Crippen LogP contribution is 2.09. The number of nitrogens with zero attached hydrogens (tertiary/aromatic N) is 3. The van der Waals surface area contributed by atoms with E-state index in [9.17, 15) is 0 Å². The van der Waals surface area contributed by atoms with Gasteiger partial charge in [0.25, 0.3) is 0 Å². The molecule has 0 saturated heterocycles. The first kappa shape index (κ1) is 12.3. The zero-order valence-electron chi connectivity index (χ0n) is 10.3. The molecule has 0 unspecified atom stereocenters. The maximum Gasteiger partial charge on any atom is 0.0926 e. The van der Waals surface area contributed by atoms with Crippen LogP contribution in [0.2, 0.25) is 0 Å². The van der Waals surface area contributed by atoms with Crippen molar-refractivity contribution in [3.8, 4) is 0 Å². The topological polar surface area (TPSA) is 42.7 Å².